The zero-order valence-corrected chi connectivity index (χ0v) is 8.66. The van der Waals surface area contributed by atoms with Crippen LogP contribution in [0.5, 0.6) is 0 Å². The van der Waals surface area contributed by atoms with E-state index >= 15 is 0 Å². The second kappa shape index (κ2) is 5.19. The average molecular weight is 234 g/mol. The molecule has 0 aliphatic rings. The summed E-state index contributed by atoms with van der Waals surface area (Å²) in [5, 5.41) is 0. The van der Waals surface area contributed by atoms with Gasteiger partial charge in [-0.1, -0.05) is 0 Å². The molecule has 13 heavy (non-hydrogen) atoms. The van der Waals surface area contributed by atoms with Gasteiger partial charge in [0.1, 0.15) is 0 Å². The third-order valence-electron chi connectivity index (χ3n) is 0.869. The van der Waals surface area contributed by atoms with Crippen LogP contribution in [0.2, 0.25) is 0 Å². The maximum atomic E-state index is 10.4. The summed E-state index contributed by atoms with van der Waals surface area (Å²) < 4.78 is 36.4. The van der Waals surface area contributed by atoms with Gasteiger partial charge in [0.05, 0.1) is 0 Å². The normalized spacial score (nSPS) is 20.6. The van der Waals surface area contributed by atoms with Gasteiger partial charge in [-0.3, -0.25) is 18.2 Å². The first-order valence-corrected chi connectivity index (χ1v) is 5.78. The van der Waals surface area contributed by atoms with Crippen LogP contribution in [0.3, 0.4) is 0 Å². The summed E-state index contributed by atoms with van der Waals surface area (Å²) in [6, 6.07) is 0. The van der Waals surface area contributed by atoms with Crippen molar-refractivity contribution in [2.45, 2.75) is 0 Å². The molecule has 0 spiro atoms. The molecule has 0 N–H and O–H groups in total. The summed E-state index contributed by atoms with van der Waals surface area (Å²) in [4.78, 5) is 20.9. The summed E-state index contributed by atoms with van der Waals surface area (Å²) in [7, 11) is -7.20. The lowest BCUT2D eigenvalue weighted by Crippen LogP contribution is -2.12. The topological polar surface area (TPSA) is 117 Å². The standard InChI is InChI=1S/C3H10O8P2/c1-8-12(4,5)10-3-11-13(6,7)9-2/h3H2,1-2H3,(H,4,5)(H,6,7)/p-2. The van der Waals surface area contributed by atoms with Crippen molar-refractivity contribution in [3.05, 3.63) is 0 Å². The molecule has 0 aromatic carbocycles. The van der Waals surface area contributed by atoms with Crippen LogP contribution in [0.1, 0.15) is 0 Å². The molecule has 0 aromatic heterocycles. The van der Waals surface area contributed by atoms with E-state index < -0.39 is 22.4 Å². The molecular weight excluding hydrogens is 226 g/mol. The number of hydrogen-bond donors (Lipinski definition) is 0. The fourth-order valence-corrected chi connectivity index (χ4v) is 0.916. The minimum absolute atomic E-state index is 0.862. The molecule has 0 saturated carbocycles. The molecule has 8 nitrogen and oxygen atoms in total. The van der Waals surface area contributed by atoms with Crippen molar-refractivity contribution >= 4 is 15.6 Å². The van der Waals surface area contributed by atoms with Crippen molar-refractivity contribution in [1.29, 1.82) is 0 Å². The van der Waals surface area contributed by atoms with Crippen molar-refractivity contribution in [3.8, 4) is 0 Å². The predicted octanol–water partition coefficient (Wildman–Crippen LogP) is -0.793. The second-order valence-electron chi connectivity index (χ2n) is 1.64. The van der Waals surface area contributed by atoms with E-state index in [0.717, 1.165) is 14.2 Å². The van der Waals surface area contributed by atoms with E-state index in [4.69, 9.17) is 0 Å². The van der Waals surface area contributed by atoms with Gasteiger partial charge in [-0.15, -0.1) is 0 Å². The Bertz CT molecular complexity index is 214. The number of phosphoric acid groups is 2. The Morgan fingerprint density at radius 1 is 1.00 bits per heavy atom. The molecule has 0 aliphatic carbocycles. The number of hydrogen-bond acceptors (Lipinski definition) is 8. The predicted molar refractivity (Wildman–Crippen MR) is 36.3 cm³/mol. The Morgan fingerprint density at radius 3 is 1.54 bits per heavy atom. The van der Waals surface area contributed by atoms with Gasteiger partial charge in [0.25, 0.3) is 15.6 Å². The highest BCUT2D eigenvalue weighted by atomic mass is 31.2. The molecule has 0 fully saturated rings. The fraction of sp³-hybridized carbons (Fsp3) is 1.00. The van der Waals surface area contributed by atoms with E-state index in [0.29, 0.717) is 0 Å². The minimum atomic E-state index is -4.46. The van der Waals surface area contributed by atoms with Gasteiger partial charge in [0, 0.05) is 14.2 Å². The fourth-order valence-electron chi connectivity index (χ4n) is 0.258. The SMILES string of the molecule is COP(=O)([O-])OCOP(=O)([O-])OC. The molecule has 0 rings (SSSR count). The first kappa shape index (κ1) is 13.2. The van der Waals surface area contributed by atoms with E-state index in [9.17, 15) is 18.9 Å². The highest BCUT2D eigenvalue weighted by Crippen LogP contribution is 2.41. The van der Waals surface area contributed by atoms with Crippen molar-refractivity contribution in [3.63, 3.8) is 0 Å². The third-order valence-corrected chi connectivity index (χ3v) is 2.61. The quantitative estimate of drug-likeness (QED) is 0.433. The lowest BCUT2D eigenvalue weighted by Gasteiger charge is -2.24. The van der Waals surface area contributed by atoms with E-state index in [1.54, 1.807) is 0 Å². The lowest BCUT2D eigenvalue weighted by molar-refractivity contribution is -0.241. The Morgan fingerprint density at radius 2 is 1.31 bits per heavy atom. The van der Waals surface area contributed by atoms with E-state index in [1.165, 1.54) is 0 Å². The van der Waals surface area contributed by atoms with Crippen molar-refractivity contribution < 1.29 is 37.0 Å². The zero-order chi connectivity index (χ0) is 10.5. The third kappa shape index (κ3) is 6.31. The van der Waals surface area contributed by atoms with Crippen LogP contribution in [0.25, 0.3) is 0 Å². The van der Waals surface area contributed by atoms with Crippen LogP contribution in [-0.2, 0) is 27.2 Å². The molecule has 0 saturated heterocycles. The van der Waals surface area contributed by atoms with Gasteiger partial charge in [-0.25, -0.2) is 0 Å². The van der Waals surface area contributed by atoms with Crippen molar-refractivity contribution in [2.75, 3.05) is 21.0 Å². The molecular formula is C3H8O8P2-2. The Kier molecular flexibility index (Phi) is 5.28. The van der Waals surface area contributed by atoms with Crippen molar-refractivity contribution in [1.82, 2.24) is 0 Å². The molecule has 0 amide bonds. The Balaban J connectivity index is 3.81. The largest absolute Gasteiger partial charge is 0.756 e. The molecule has 0 aliphatic heterocycles. The summed E-state index contributed by atoms with van der Waals surface area (Å²) in [6.07, 6.45) is 0. The smallest absolute Gasteiger partial charge is 0.269 e. The molecule has 0 aromatic rings. The van der Waals surface area contributed by atoms with Crippen LogP contribution in [-0.4, -0.2) is 21.0 Å². The molecule has 0 bridgehead atoms. The van der Waals surface area contributed by atoms with E-state index in [-0.39, 0.29) is 0 Å². The molecule has 10 heteroatoms. The second-order valence-corrected chi connectivity index (χ2v) is 4.67. The first-order valence-electron chi connectivity index (χ1n) is 2.85. The highest BCUT2D eigenvalue weighted by molar-refractivity contribution is 7.46. The van der Waals surface area contributed by atoms with E-state index in [1.807, 2.05) is 0 Å². The monoisotopic (exact) mass is 234 g/mol. The molecule has 80 valence electrons. The van der Waals surface area contributed by atoms with Gasteiger partial charge in [0.15, 0.2) is 6.79 Å². The van der Waals surface area contributed by atoms with Crippen LogP contribution in [0.4, 0.5) is 0 Å². The maximum Gasteiger partial charge on any atom is 0.269 e. The highest BCUT2D eigenvalue weighted by Gasteiger charge is 2.10. The summed E-state index contributed by atoms with van der Waals surface area (Å²) >= 11 is 0. The Hall–Kier alpha value is 0.220. The molecule has 2 atom stereocenters. The summed E-state index contributed by atoms with van der Waals surface area (Å²) in [5.74, 6) is 0. The Labute approximate surface area is 74.6 Å². The van der Waals surface area contributed by atoms with Gasteiger partial charge in [-0.05, 0) is 0 Å². The van der Waals surface area contributed by atoms with Gasteiger partial charge < -0.3 is 18.8 Å². The summed E-state index contributed by atoms with van der Waals surface area (Å²) in [5.41, 5.74) is 0. The van der Waals surface area contributed by atoms with Gasteiger partial charge >= 0.3 is 0 Å². The lowest BCUT2D eigenvalue weighted by atomic mass is 11.6. The first-order chi connectivity index (χ1) is 5.83. The van der Waals surface area contributed by atoms with Crippen LogP contribution in [0.15, 0.2) is 0 Å². The zero-order valence-electron chi connectivity index (χ0n) is 6.87. The van der Waals surface area contributed by atoms with Gasteiger partial charge in [0.2, 0.25) is 0 Å². The van der Waals surface area contributed by atoms with Gasteiger partial charge in [-0.2, -0.15) is 0 Å². The number of phosphoric ester groups is 2. The average Bonchev–Trinajstić information content (AvgIpc) is 2.04. The minimum Gasteiger partial charge on any atom is -0.756 e. The number of rotatable bonds is 6. The maximum absolute atomic E-state index is 10.4. The van der Waals surface area contributed by atoms with Crippen LogP contribution < -0.4 is 9.79 Å². The molecule has 2 unspecified atom stereocenters. The summed E-state index contributed by atoms with van der Waals surface area (Å²) in [6.45, 7) is -1.01. The van der Waals surface area contributed by atoms with Crippen LogP contribution >= 0.6 is 15.6 Å². The van der Waals surface area contributed by atoms with Crippen molar-refractivity contribution in [2.24, 2.45) is 0 Å². The molecule has 0 heterocycles. The van der Waals surface area contributed by atoms with E-state index in [2.05, 4.69) is 18.1 Å². The molecule has 0 radical (unpaired) electrons. The van der Waals surface area contributed by atoms with Crippen LogP contribution in [0, 0.1) is 0 Å².